The van der Waals surface area contributed by atoms with Crippen molar-refractivity contribution < 1.29 is 23.2 Å². The number of aromatic carboxylic acids is 1. The molecule has 0 bridgehead atoms. The van der Waals surface area contributed by atoms with Gasteiger partial charge in [0, 0.05) is 24.1 Å². The maximum Gasteiger partial charge on any atom is 0.358 e. The largest absolute Gasteiger partial charge is 0.476 e. The van der Waals surface area contributed by atoms with Gasteiger partial charge in [-0.05, 0) is 6.07 Å². The highest BCUT2D eigenvalue weighted by Gasteiger charge is 2.24. The molecule has 94 valence electrons. The minimum absolute atomic E-state index is 0.138. The predicted octanol–water partition coefficient (Wildman–Crippen LogP) is 3.15. The van der Waals surface area contributed by atoms with Gasteiger partial charge in [-0.25, -0.2) is 13.6 Å². The van der Waals surface area contributed by atoms with E-state index in [9.17, 15) is 13.6 Å². The molecule has 2 aromatic rings. The number of aromatic nitrogens is 1. The third kappa shape index (κ3) is 2.37. The maximum atomic E-state index is 13.1. The summed E-state index contributed by atoms with van der Waals surface area (Å²) >= 11 is 0. The van der Waals surface area contributed by atoms with E-state index in [1.54, 1.807) is 6.07 Å². The molecule has 0 fully saturated rings. The van der Waals surface area contributed by atoms with Gasteiger partial charge in [0.05, 0.1) is 0 Å². The van der Waals surface area contributed by atoms with Crippen molar-refractivity contribution in [2.24, 2.45) is 0 Å². The van der Waals surface area contributed by atoms with E-state index in [0.29, 0.717) is 5.56 Å². The van der Waals surface area contributed by atoms with Gasteiger partial charge in [-0.2, -0.15) is 0 Å². The standard InChI is InChI=1S/C12H9F2NO3/c1-12(13,14)8-4-2-3-7(5-8)10-6-9(11(16)17)15-18-10/h2-6H,1H3,(H,16,17). The van der Waals surface area contributed by atoms with Crippen molar-refractivity contribution in [3.05, 3.63) is 41.6 Å². The summed E-state index contributed by atoms with van der Waals surface area (Å²) in [7, 11) is 0. The second kappa shape index (κ2) is 4.21. The molecule has 2 rings (SSSR count). The van der Waals surface area contributed by atoms with Crippen LogP contribution in [0.3, 0.4) is 0 Å². The molecular formula is C12H9F2NO3. The van der Waals surface area contributed by atoms with E-state index in [1.165, 1.54) is 24.3 Å². The van der Waals surface area contributed by atoms with Gasteiger partial charge in [-0.15, -0.1) is 0 Å². The Hall–Kier alpha value is -2.24. The average molecular weight is 253 g/mol. The number of nitrogens with zero attached hydrogens (tertiary/aromatic N) is 1. The van der Waals surface area contributed by atoms with Crippen LogP contribution in [0.1, 0.15) is 23.0 Å². The van der Waals surface area contributed by atoms with Gasteiger partial charge < -0.3 is 9.63 Å². The predicted molar refractivity (Wildman–Crippen MR) is 58.5 cm³/mol. The summed E-state index contributed by atoms with van der Waals surface area (Å²) in [6.45, 7) is 0.787. The lowest BCUT2D eigenvalue weighted by Gasteiger charge is -2.10. The van der Waals surface area contributed by atoms with Crippen LogP contribution in [0, 0.1) is 0 Å². The zero-order valence-corrected chi connectivity index (χ0v) is 9.35. The van der Waals surface area contributed by atoms with Crippen molar-refractivity contribution in [3.63, 3.8) is 0 Å². The number of rotatable bonds is 3. The van der Waals surface area contributed by atoms with Gasteiger partial charge in [0.1, 0.15) is 0 Å². The van der Waals surface area contributed by atoms with Crippen LogP contribution >= 0.6 is 0 Å². The summed E-state index contributed by atoms with van der Waals surface area (Å²) in [5.41, 5.74) is -0.0824. The molecular weight excluding hydrogens is 244 g/mol. The Morgan fingerprint density at radius 3 is 2.67 bits per heavy atom. The zero-order chi connectivity index (χ0) is 13.3. The van der Waals surface area contributed by atoms with E-state index in [0.717, 1.165) is 6.92 Å². The lowest BCUT2D eigenvalue weighted by molar-refractivity contribution is 0.0175. The number of carboxylic acids is 1. The molecule has 1 aromatic carbocycles. The van der Waals surface area contributed by atoms with Crippen LogP contribution in [0.2, 0.25) is 0 Å². The van der Waals surface area contributed by atoms with E-state index in [4.69, 9.17) is 9.63 Å². The molecule has 0 unspecified atom stereocenters. The summed E-state index contributed by atoms with van der Waals surface area (Å²) in [6, 6.07) is 6.71. The molecule has 0 amide bonds. The van der Waals surface area contributed by atoms with E-state index in [1.807, 2.05) is 0 Å². The van der Waals surface area contributed by atoms with Gasteiger partial charge in [-0.1, -0.05) is 23.4 Å². The van der Waals surface area contributed by atoms with Crippen LogP contribution in [-0.4, -0.2) is 16.2 Å². The lowest BCUT2D eigenvalue weighted by Crippen LogP contribution is -2.06. The highest BCUT2D eigenvalue weighted by molar-refractivity contribution is 5.86. The number of alkyl halides is 2. The molecule has 1 aromatic heterocycles. The second-order valence-corrected chi connectivity index (χ2v) is 3.85. The quantitative estimate of drug-likeness (QED) is 0.912. The van der Waals surface area contributed by atoms with Crippen molar-refractivity contribution in [3.8, 4) is 11.3 Å². The van der Waals surface area contributed by atoms with E-state index < -0.39 is 11.9 Å². The fourth-order valence-corrected chi connectivity index (χ4v) is 1.46. The van der Waals surface area contributed by atoms with Crippen LogP contribution in [0.25, 0.3) is 11.3 Å². The first-order valence-corrected chi connectivity index (χ1v) is 5.06. The highest BCUT2D eigenvalue weighted by Crippen LogP contribution is 2.30. The smallest absolute Gasteiger partial charge is 0.358 e. The van der Waals surface area contributed by atoms with Crippen LogP contribution < -0.4 is 0 Å². The Balaban J connectivity index is 2.41. The first kappa shape index (κ1) is 12.2. The summed E-state index contributed by atoms with van der Waals surface area (Å²) in [6.07, 6.45) is 0. The fraction of sp³-hybridized carbons (Fsp3) is 0.167. The number of hydrogen-bond donors (Lipinski definition) is 1. The zero-order valence-electron chi connectivity index (χ0n) is 9.35. The van der Waals surface area contributed by atoms with Crippen LogP contribution in [0.15, 0.2) is 34.9 Å². The van der Waals surface area contributed by atoms with Crippen molar-refractivity contribution in [1.82, 2.24) is 5.16 Å². The topological polar surface area (TPSA) is 63.3 Å². The number of hydrogen-bond acceptors (Lipinski definition) is 3. The Labute approximate surface area is 101 Å². The number of carboxylic acid groups (broad SMARTS) is 1. The number of halogens is 2. The third-order valence-corrected chi connectivity index (χ3v) is 2.38. The lowest BCUT2D eigenvalue weighted by atomic mass is 10.0. The highest BCUT2D eigenvalue weighted by atomic mass is 19.3. The normalized spacial score (nSPS) is 11.5. The molecule has 0 aliphatic carbocycles. The molecule has 0 aliphatic heterocycles. The maximum absolute atomic E-state index is 13.1. The van der Waals surface area contributed by atoms with Gasteiger partial charge in [0.15, 0.2) is 11.5 Å². The molecule has 1 heterocycles. The Morgan fingerprint density at radius 2 is 2.11 bits per heavy atom. The molecule has 0 saturated heterocycles. The molecule has 18 heavy (non-hydrogen) atoms. The molecule has 0 atom stereocenters. The van der Waals surface area contributed by atoms with Crippen LogP contribution in [0.5, 0.6) is 0 Å². The van der Waals surface area contributed by atoms with Crippen LogP contribution in [0.4, 0.5) is 8.78 Å². The number of carbonyl (C=O) groups is 1. The summed E-state index contributed by atoms with van der Waals surface area (Å²) in [5.74, 6) is -4.06. The Kier molecular flexibility index (Phi) is 2.86. The minimum atomic E-state index is -2.97. The monoisotopic (exact) mass is 253 g/mol. The van der Waals surface area contributed by atoms with Crippen molar-refractivity contribution in [2.75, 3.05) is 0 Å². The van der Waals surface area contributed by atoms with Crippen molar-refractivity contribution >= 4 is 5.97 Å². The third-order valence-electron chi connectivity index (χ3n) is 2.38. The first-order chi connectivity index (χ1) is 8.38. The Morgan fingerprint density at radius 1 is 1.39 bits per heavy atom. The fourth-order valence-electron chi connectivity index (χ4n) is 1.46. The minimum Gasteiger partial charge on any atom is -0.476 e. The van der Waals surface area contributed by atoms with Crippen molar-refractivity contribution in [2.45, 2.75) is 12.8 Å². The molecule has 4 nitrogen and oxygen atoms in total. The Bertz CT molecular complexity index is 587. The molecule has 1 N–H and O–H groups in total. The summed E-state index contributed by atoms with van der Waals surface area (Å²) < 4.78 is 31.1. The van der Waals surface area contributed by atoms with Crippen molar-refractivity contribution in [1.29, 1.82) is 0 Å². The first-order valence-electron chi connectivity index (χ1n) is 5.06. The summed E-state index contributed by atoms with van der Waals surface area (Å²) in [5, 5.41) is 12.0. The van der Waals surface area contributed by atoms with E-state index in [-0.39, 0.29) is 17.0 Å². The average Bonchev–Trinajstić information content (AvgIpc) is 2.77. The van der Waals surface area contributed by atoms with Gasteiger partial charge >= 0.3 is 5.97 Å². The molecule has 0 radical (unpaired) electrons. The molecule has 6 heteroatoms. The number of benzene rings is 1. The van der Waals surface area contributed by atoms with Crippen LogP contribution in [-0.2, 0) is 5.92 Å². The van der Waals surface area contributed by atoms with E-state index >= 15 is 0 Å². The van der Waals surface area contributed by atoms with Gasteiger partial charge in [0.2, 0.25) is 0 Å². The summed E-state index contributed by atoms with van der Waals surface area (Å²) in [4.78, 5) is 10.6. The molecule has 0 saturated carbocycles. The SMILES string of the molecule is CC(F)(F)c1cccc(-c2cc(C(=O)O)no2)c1. The second-order valence-electron chi connectivity index (χ2n) is 3.85. The van der Waals surface area contributed by atoms with E-state index in [2.05, 4.69) is 5.16 Å². The molecule has 0 spiro atoms. The van der Waals surface area contributed by atoms with Gasteiger partial charge in [0.25, 0.3) is 5.92 Å². The molecule has 0 aliphatic rings. The van der Waals surface area contributed by atoms with Gasteiger partial charge in [-0.3, -0.25) is 0 Å².